The summed E-state index contributed by atoms with van der Waals surface area (Å²) in [6, 6.07) is 3.89. The van der Waals surface area contributed by atoms with Gasteiger partial charge in [0.15, 0.2) is 0 Å². The molecule has 1 fully saturated rings. The van der Waals surface area contributed by atoms with Crippen molar-refractivity contribution in [3.8, 4) is 0 Å². The Labute approximate surface area is 115 Å². The van der Waals surface area contributed by atoms with Crippen LogP contribution in [-0.4, -0.2) is 16.9 Å². The molecule has 2 rings (SSSR count). The number of nitrogens with one attached hydrogen (secondary N) is 1. The minimum atomic E-state index is -4.40. The molecule has 0 bridgehead atoms. The van der Waals surface area contributed by atoms with Gasteiger partial charge in [0.1, 0.15) is 11.5 Å². The second-order valence-corrected chi connectivity index (χ2v) is 5.53. The van der Waals surface area contributed by atoms with Crippen LogP contribution in [0.1, 0.15) is 31.4 Å². The fourth-order valence-electron chi connectivity index (χ4n) is 2.35. The molecule has 0 aliphatic heterocycles. The van der Waals surface area contributed by atoms with Crippen LogP contribution in [0.2, 0.25) is 0 Å². The molecule has 0 aromatic carbocycles. The fourth-order valence-corrected chi connectivity index (χ4v) is 2.76. The Kier molecular flexibility index (Phi) is 4.55. The monoisotopic (exact) mass is 292 g/mol. The maximum Gasteiger partial charge on any atom is 0.433 e. The molecule has 19 heavy (non-hydrogen) atoms. The standard InChI is InChI=1S/C13H16ClF3N2/c14-10-4-1-3-9(7-10)8-18-12-6-2-5-11(19-12)13(15,16)17/h2,5-6,9-10H,1,3-4,7-8H2,(H,18,19). The minimum Gasteiger partial charge on any atom is -0.370 e. The number of rotatable bonds is 3. The first-order valence-corrected chi connectivity index (χ1v) is 6.81. The molecule has 0 amide bonds. The summed E-state index contributed by atoms with van der Waals surface area (Å²) in [5, 5.41) is 3.17. The van der Waals surface area contributed by atoms with Crippen LogP contribution in [0, 0.1) is 5.92 Å². The van der Waals surface area contributed by atoms with Crippen LogP contribution < -0.4 is 5.32 Å². The van der Waals surface area contributed by atoms with E-state index in [2.05, 4.69) is 10.3 Å². The summed E-state index contributed by atoms with van der Waals surface area (Å²) in [5.74, 6) is 0.680. The van der Waals surface area contributed by atoms with Gasteiger partial charge in [-0.1, -0.05) is 12.5 Å². The Balaban J connectivity index is 1.92. The number of hydrogen-bond acceptors (Lipinski definition) is 2. The lowest BCUT2D eigenvalue weighted by atomic mass is 9.89. The van der Waals surface area contributed by atoms with Crippen molar-refractivity contribution in [1.82, 2.24) is 4.98 Å². The normalized spacial score (nSPS) is 24.2. The van der Waals surface area contributed by atoms with Crippen molar-refractivity contribution in [1.29, 1.82) is 0 Å². The predicted octanol–water partition coefficient (Wildman–Crippen LogP) is 4.31. The Morgan fingerprint density at radius 2 is 2.11 bits per heavy atom. The highest BCUT2D eigenvalue weighted by Crippen LogP contribution is 2.29. The van der Waals surface area contributed by atoms with Crippen molar-refractivity contribution in [3.63, 3.8) is 0 Å². The SMILES string of the molecule is FC(F)(F)c1cccc(NCC2CCCC(Cl)C2)n1. The Hall–Kier alpha value is -0.970. The van der Waals surface area contributed by atoms with E-state index in [4.69, 9.17) is 11.6 Å². The third-order valence-electron chi connectivity index (χ3n) is 3.33. The molecule has 1 aliphatic carbocycles. The van der Waals surface area contributed by atoms with Gasteiger partial charge in [-0.3, -0.25) is 0 Å². The molecule has 1 saturated carbocycles. The largest absolute Gasteiger partial charge is 0.433 e. The van der Waals surface area contributed by atoms with Gasteiger partial charge in [0.2, 0.25) is 0 Å². The molecule has 6 heteroatoms. The molecule has 2 unspecified atom stereocenters. The molecule has 2 nitrogen and oxygen atoms in total. The van der Waals surface area contributed by atoms with Gasteiger partial charge in [0.25, 0.3) is 0 Å². The zero-order valence-electron chi connectivity index (χ0n) is 10.4. The van der Waals surface area contributed by atoms with E-state index in [1.165, 1.54) is 6.07 Å². The second kappa shape index (κ2) is 5.99. The molecular weight excluding hydrogens is 277 g/mol. The lowest BCUT2D eigenvalue weighted by Gasteiger charge is -2.25. The van der Waals surface area contributed by atoms with E-state index in [9.17, 15) is 13.2 Å². The summed E-state index contributed by atoms with van der Waals surface area (Å²) in [7, 11) is 0. The van der Waals surface area contributed by atoms with Crippen LogP contribution in [0.5, 0.6) is 0 Å². The summed E-state index contributed by atoms with van der Waals surface area (Å²) >= 11 is 6.09. The topological polar surface area (TPSA) is 24.9 Å². The molecule has 1 heterocycles. The number of pyridine rings is 1. The van der Waals surface area contributed by atoms with Crippen molar-refractivity contribution < 1.29 is 13.2 Å². The van der Waals surface area contributed by atoms with E-state index in [0.29, 0.717) is 12.5 Å². The number of nitrogens with zero attached hydrogens (tertiary/aromatic N) is 1. The summed E-state index contributed by atoms with van der Waals surface area (Å²) < 4.78 is 37.5. The van der Waals surface area contributed by atoms with Crippen LogP contribution in [0.25, 0.3) is 0 Å². The zero-order chi connectivity index (χ0) is 13.9. The van der Waals surface area contributed by atoms with Gasteiger partial charge in [-0.05, 0) is 37.3 Å². The van der Waals surface area contributed by atoms with Crippen LogP contribution in [0.3, 0.4) is 0 Å². The van der Waals surface area contributed by atoms with Crippen LogP contribution in [0.4, 0.5) is 19.0 Å². The molecule has 0 saturated heterocycles. The Bertz CT molecular complexity index is 423. The van der Waals surface area contributed by atoms with Gasteiger partial charge in [-0.25, -0.2) is 4.98 Å². The molecule has 0 radical (unpaired) electrons. The van der Waals surface area contributed by atoms with Gasteiger partial charge in [0.05, 0.1) is 0 Å². The molecule has 2 atom stereocenters. The molecule has 1 aromatic heterocycles. The lowest BCUT2D eigenvalue weighted by Crippen LogP contribution is -2.23. The molecular formula is C13H16ClF3N2. The minimum absolute atomic E-state index is 0.190. The Morgan fingerprint density at radius 3 is 2.79 bits per heavy atom. The average molecular weight is 293 g/mol. The van der Waals surface area contributed by atoms with Crippen LogP contribution in [-0.2, 0) is 6.18 Å². The molecule has 1 aliphatic rings. The van der Waals surface area contributed by atoms with Gasteiger partial charge in [0, 0.05) is 11.9 Å². The summed E-state index contributed by atoms with van der Waals surface area (Å²) in [5.41, 5.74) is -0.864. The number of halogens is 4. The third-order valence-corrected chi connectivity index (χ3v) is 3.73. The maximum atomic E-state index is 12.5. The maximum absolute atomic E-state index is 12.5. The van der Waals surface area contributed by atoms with Crippen LogP contribution in [0.15, 0.2) is 18.2 Å². The van der Waals surface area contributed by atoms with E-state index >= 15 is 0 Å². The zero-order valence-corrected chi connectivity index (χ0v) is 11.1. The first-order chi connectivity index (χ1) is 8.95. The van der Waals surface area contributed by atoms with Crippen molar-refractivity contribution in [2.24, 2.45) is 5.92 Å². The summed E-state index contributed by atoms with van der Waals surface area (Å²) in [4.78, 5) is 3.58. The van der Waals surface area contributed by atoms with E-state index in [-0.39, 0.29) is 11.2 Å². The molecule has 1 aromatic rings. The predicted molar refractivity (Wildman–Crippen MR) is 69.3 cm³/mol. The van der Waals surface area contributed by atoms with Crippen molar-refractivity contribution in [2.45, 2.75) is 37.2 Å². The highest BCUT2D eigenvalue weighted by atomic mass is 35.5. The number of hydrogen-bond donors (Lipinski definition) is 1. The number of aromatic nitrogens is 1. The average Bonchev–Trinajstić information content (AvgIpc) is 2.36. The summed E-state index contributed by atoms with van der Waals surface area (Å²) in [6.45, 7) is 0.623. The third kappa shape index (κ3) is 4.27. The van der Waals surface area contributed by atoms with Gasteiger partial charge in [-0.15, -0.1) is 11.6 Å². The Morgan fingerprint density at radius 1 is 1.32 bits per heavy atom. The second-order valence-electron chi connectivity index (χ2n) is 4.92. The van der Waals surface area contributed by atoms with E-state index in [1.54, 1.807) is 6.07 Å². The van der Waals surface area contributed by atoms with Gasteiger partial charge in [-0.2, -0.15) is 13.2 Å². The van der Waals surface area contributed by atoms with Gasteiger partial charge >= 0.3 is 6.18 Å². The number of anilines is 1. The number of alkyl halides is 4. The smallest absolute Gasteiger partial charge is 0.370 e. The van der Waals surface area contributed by atoms with E-state index in [0.717, 1.165) is 31.7 Å². The van der Waals surface area contributed by atoms with Crippen molar-refractivity contribution in [3.05, 3.63) is 23.9 Å². The van der Waals surface area contributed by atoms with Crippen LogP contribution >= 0.6 is 11.6 Å². The van der Waals surface area contributed by atoms with Gasteiger partial charge < -0.3 is 5.32 Å². The van der Waals surface area contributed by atoms with Crippen molar-refractivity contribution in [2.75, 3.05) is 11.9 Å². The highest BCUT2D eigenvalue weighted by molar-refractivity contribution is 6.20. The quantitative estimate of drug-likeness (QED) is 0.840. The first-order valence-electron chi connectivity index (χ1n) is 6.37. The van der Waals surface area contributed by atoms with E-state index in [1.807, 2.05) is 0 Å². The molecule has 1 N–H and O–H groups in total. The molecule has 0 spiro atoms. The summed E-state index contributed by atoms with van der Waals surface area (Å²) in [6.07, 6.45) is -0.317. The molecule has 106 valence electrons. The first kappa shape index (κ1) is 14.4. The van der Waals surface area contributed by atoms with E-state index < -0.39 is 11.9 Å². The fraction of sp³-hybridized carbons (Fsp3) is 0.615. The lowest BCUT2D eigenvalue weighted by molar-refractivity contribution is -0.141. The van der Waals surface area contributed by atoms with Crippen molar-refractivity contribution >= 4 is 17.4 Å². The highest BCUT2D eigenvalue weighted by Gasteiger charge is 2.32.